The van der Waals surface area contributed by atoms with Gasteiger partial charge in [-0.15, -0.1) is 0 Å². The predicted octanol–water partition coefficient (Wildman–Crippen LogP) is 2.14. The fourth-order valence-corrected chi connectivity index (χ4v) is 2.51. The molecule has 6 heteroatoms. The Hall–Kier alpha value is -1.56. The highest BCUT2D eigenvalue weighted by Crippen LogP contribution is 2.27. The van der Waals surface area contributed by atoms with Crippen LogP contribution in [0.3, 0.4) is 0 Å². The molecule has 5 nitrogen and oxygen atoms in total. The minimum Gasteiger partial charge on any atom is -0.507 e. The molecule has 1 aliphatic rings. The van der Waals surface area contributed by atoms with Gasteiger partial charge in [0.15, 0.2) is 0 Å². The van der Waals surface area contributed by atoms with Gasteiger partial charge in [-0.1, -0.05) is 0 Å². The Bertz CT molecular complexity index is 517. The van der Waals surface area contributed by atoms with Gasteiger partial charge in [-0.05, 0) is 53.4 Å². The molecule has 0 bridgehead atoms. The van der Waals surface area contributed by atoms with E-state index < -0.39 is 5.97 Å². The summed E-state index contributed by atoms with van der Waals surface area (Å²) in [7, 11) is 0. The number of phenolic OH excluding ortho intramolecular Hbond substituents is 1. The molecule has 2 atom stereocenters. The lowest BCUT2D eigenvalue weighted by molar-refractivity contribution is -0.141. The molecule has 1 saturated carbocycles. The highest BCUT2D eigenvalue weighted by Gasteiger charge is 2.30. The number of hydrogen-bond acceptors (Lipinski definition) is 3. The largest absolute Gasteiger partial charge is 0.507 e. The number of aromatic hydroxyl groups is 1. The fourth-order valence-electron chi connectivity index (χ4n) is 2.26. The molecular weight excluding hydrogens is 314 g/mol. The summed E-state index contributed by atoms with van der Waals surface area (Å²) in [4.78, 5) is 22.8. The van der Waals surface area contributed by atoms with Gasteiger partial charge in [0.2, 0.25) is 0 Å². The Balaban J connectivity index is 1.98. The molecule has 1 fully saturated rings. The van der Waals surface area contributed by atoms with Gasteiger partial charge in [0.25, 0.3) is 5.91 Å². The predicted molar refractivity (Wildman–Crippen MR) is 72.0 cm³/mol. The second-order valence-corrected chi connectivity index (χ2v) is 5.54. The maximum atomic E-state index is 12.0. The van der Waals surface area contributed by atoms with E-state index in [1.807, 2.05) is 0 Å². The molecule has 19 heavy (non-hydrogen) atoms. The van der Waals surface area contributed by atoms with E-state index in [9.17, 15) is 14.7 Å². The molecule has 0 heterocycles. The van der Waals surface area contributed by atoms with E-state index in [0.717, 1.165) is 0 Å². The summed E-state index contributed by atoms with van der Waals surface area (Å²) in [5.41, 5.74) is 0.361. The van der Waals surface area contributed by atoms with Crippen LogP contribution in [-0.2, 0) is 4.79 Å². The number of aliphatic carboxylic acids is 1. The molecule has 0 spiro atoms. The van der Waals surface area contributed by atoms with Gasteiger partial charge in [-0.2, -0.15) is 0 Å². The number of amides is 1. The van der Waals surface area contributed by atoms with Crippen LogP contribution < -0.4 is 5.32 Å². The first kappa shape index (κ1) is 13.9. The van der Waals surface area contributed by atoms with Crippen molar-refractivity contribution in [3.8, 4) is 5.75 Å². The Morgan fingerprint density at radius 2 is 2.05 bits per heavy atom. The topological polar surface area (TPSA) is 86.6 Å². The van der Waals surface area contributed by atoms with Gasteiger partial charge in [0.1, 0.15) is 5.75 Å². The quantitative estimate of drug-likeness (QED) is 0.793. The van der Waals surface area contributed by atoms with E-state index in [1.54, 1.807) is 12.1 Å². The van der Waals surface area contributed by atoms with Crippen molar-refractivity contribution in [2.75, 3.05) is 0 Å². The van der Waals surface area contributed by atoms with Gasteiger partial charge in [-0.25, -0.2) is 0 Å². The first-order chi connectivity index (χ1) is 8.97. The number of nitrogens with one attached hydrogen (secondary N) is 1. The van der Waals surface area contributed by atoms with Crippen LogP contribution in [0.25, 0.3) is 0 Å². The Morgan fingerprint density at radius 3 is 2.63 bits per heavy atom. The van der Waals surface area contributed by atoms with Gasteiger partial charge in [-0.3, -0.25) is 9.59 Å². The van der Waals surface area contributed by atoms with Crippen molar-refractivity contribution in [1.29, 1.82) is 0 Å². The third kappa shape index (κ3) is 3.26. The first-order valence-corrected chi connectivity index (χ1v) is 6.79. The van der Waals surface area contributed by atoms with E-state index in [0.29, 0.717) is 29.3 Å². The Labute approximate surface area is 118 Å². The number of carbonyl (C=O) groups excluding carboxylic acids is 1. The number of hydrogen-bond donors (Lipinski definition) is 3. The van der Waals surface area contributed by atoms with E-state index in [4.69, 9.17) is 5.11 Å². The average molecular weight is 328 g/mol. The van der Waals surface area contributed by atoms with Crippen molar-refractivity contribution in [2.24, 2.45) is 5.92 Å². The monoisotopic (exact) mass is 327 g/mol. The van der Waals surface area contributed by atoms with E-state index in [-0.39, 0.29) is 23.6 Å². The summed E-state index contributed by atoms with van der Waals surface area (Å²) in [6, 6.07) is 4.46. The maximum Gasteiger partial charge on any atom is 0.306 e. The molecule has 0 aliphatic heterocycles. The average Bonchev–Trinajstić information content (AvgIpc) is 2.81. The van der Waals surface area contributed by atoms with Crippen molar-refractivity contribution < 1.29 is 19.8 Å². The van der Waals surface area contributed by atoms with Gasteiger partial charge >= 0.3 is 5.97 Å². The molecule has 2 unspecified atom stereocenters. The van der Waals surface area contributed by atoms with E-state index in [2.05, 4.69) is 21.2 Å². The third-order valence-corrected chi connectivity index (χ3v) is 4.00. The van der Waals surface area contributed by atoms with Gasteiger partial charge in [0, 0.05) is 11.6 Å². The number of halogens is 1. The lowest BCUT2D eigenvalue weighted by atomic mass is 10.1. The Morgan fingerprint density at radius 1 is 1.32 bits per heavy atom. The summed E-state index contributed by atoms with van der Waals surface area (Å²) in [6.07, 6.45) is 1.72. The fraction of sp³-hybridized carbons (Fsp3) is 0.385. The molecule has 3 N–H and O–H groups in total. The normalized spacial score (nSPS) is 22.2. The molecule has 1 aromatic carbocycles. The molecule has 1 amide bonds. The number of phenols is 1. The molecule has 1 aromatic rings. The standard InChI is InChI=1S/C13H14BrNO4/c14-10-4-2-7(6-11(10)16)12(17)15-9-3-1-8(5-9)13(18)19/h2,4,6,8-9,16H,1,3,5H2,(H,15,17)(H,18,19). The van der Waals surface area contributed by atoms with Crippen LogP contribution in [0.15, 0.2) is 22.7 Å². The van der Waals surface area contributed by atoms with Gasteiger partial charge < -0.3 is 15.5 Å². The summed E-state index contributed by atoms with van der Waals surface area (Å²) >= 11 is 3.14. The second-order valence-electron chi connectivity index (χ2n) is 4.68. The van der Waals surface area contributed by atoms with Crippen LogP contribution in [0, 0.1) is 5.92 Å². The number of rotatable bonds is 3. The lowest BCUT2D eigenvalue weighted by Gasteiger charge is -2.12. The van der Waals surface area contributed by atoms with Crippen molar-refractivity contribution in [3.63, 3.8) is 0 Å². The number of carboxylic acids is 1. The zero-order valence-corrected chi connectivity index (χ0v) is 11.7. The molecule has 2 rings (SSSR count). The van der Waals surface area contributed by atoms with Crippen molar-refractivity contribution in [3.05, 3.63) is 28.2 Å². The molecule has 102 valence electrons. The highest BCUT2D eigenvalue weighted by molar-refractivity contribution is 9.10. The van der Waals surface area contributed by atoms with Crippen LogP contribution in [0.4, 0.5) is 0 Å². The lowest BCUT2D eigenvalue weighted by Crippen LogP contribution is -2.33. The zero-order chi connectivity index (χ0) is 14.0. The summed E-state index contributed by atoms with van der Waals surface area (Å²) in [5.74, 6) is -1.47. The summed E-state index contributed by atoms with van der Waals surface area (Å²) in [5, 5.41) is 21.2. The SMILES string of the molecule is O=C(NC1CCC(C(=O)O)C1)c1ccc(Br)c(O)c1. The van der Waals surface area contributed by atoms with E-state index >= 15 is 0 Å². The minimum absolute atomic E-state index is 0.00230. The van der Waals surface area contributed by atoms with Crippen LogP contribution in [-0.4, -0.2) is 28.1 Å². The van der Waals surface area contributed by atoms with Crippen molar-refractivity contribution in [2.45, 2.75) is 25.3 Å². The second kappa shape index (κ2) is 5.61. The zero-order valence-electron chi connectivity index (χ0n) is 10.1. The van der Waals surface area contributed by atoms with Crippen LogP contribution >= 0.6 is 15.9 Å². The molecule has 0 saturated heterocycles. The third-order valence-electron chi connectivity index (χ3n) is 3.33. The summed E-state index contributed by atoms with van der Waals surface area (Å²) in [6.45, 7) is 0. The minimum atomic E-state index is -0.807. The van der Waals surface area contributed by atoms with Crippen LogP contribution in [0.5, 0.6) is 5.75 Å². The first-order valence-electron chi connectivity index (χ1n) is 5.99. The maximum absolute atomic E-state index is 12.0. The van der Waals surface area contributed by atoms with Gasteiger partial charge in [0.05, 0.1) is 10.4 Å². The van der Waals surface area contributed by atoms with E-state index in [1.165, 1.54) is 6.07 Å². The Kier molecular flexibility index (Phi) is 4.09. The van der Waals surface area contributed by atoms with Crippen molar-refractivity contribution in [1.82, 2.24) is 5.32 Å². The molecule has 1 aliphatic carbocycles. The molecule has 0 aromatic heterocycles. The van der Waals surface area contributed by atoms with Crippen LogP contribution in [0.1, 0.15) is 29.6 Å². The van der Waals surface area contributed by atoms with Crippen LogP contribution in [0.2, 0.25) is 0 Å². The number of benzene rings is 1. The molecular formula is C13H14BrNO4. The highest BCUT2D eigenvalue weighted by atomic mass is 79.9. The summed E-state index contributed by atoms with van der Waals surface area (Å²) < 4.78 is 0.524. The van der Waals surface area contributed by atoms with Crippen molar-refractivity contribution >= 4 is 27.8 Å². The smallest absolute Gasteiger partial charge is 0.306 e. The molecule has 0 radical (unpaired) electrons. The number of carboxylic acid groups (broad SMARTS) is 1. The number of carbonyl (C=O) groups is 2.